The Bertz CT molecular complexity index is 812. The fourth-order valence-corrected chi connectivity index (χ4v) is 3.62. The van der Waals surface area contributed by atoms with E-state index in [1.54, 1.807) is 29.2 Å². The van der Waals surface area contributed by atoms with Crippen LogP contribution < -0.4 is 10.2 Å². The molecule has 1 N–H and O–H groups in total. The number of amides is 2. The van der Waals surface area contributed by atoms with Gasteiger partial charge in [-0.05, 0) is 48.9 Å². The molecule has 1 aliphatic heterocycles. The molecule has 1 saturated heterocycles. The van der Waals surface area contributed by atoms with Gasteiger partial charge in [0.1, 0.15) is 11.6 Å². The minimum Gasteiger partial charge on any atom is -0.326 e. The highest BCUT2D eigenvalue weighted by Crippen LogP contribution is 2.25. The van der Waals surface area contributed by atoms with Gasteiger partial charge in [0.2, 0.25) is 11.8 Å². The van der Waals surface area contributed by atoms with Gasteiger partial charge in [0.05, 0.1) is 0 Å². The molecule has 1 heterocycles. The van der Waals surface area contributed by atoms with Gasteiger partial charge in [-0.2, -0.15) is 0 Å². The van der Waals surface area contributed by atoms with Crippen LogP contribution in [-0.2, 0) is 9.59 Å². The fraction of sp³-hybridized carbons (Fsp3) is 0.263. The van der Waals surface area contributed by atoms with Gasteiger partial charge in [-0.3, -0.25) is 9.59 Å². The van der Waals surface area contributed by atoms with Crippen molar-refractivity contribution in [1.29, 1.82) is 0 Å². The Morgan fingerprint density at radius 2 is 1.92 bits per heavy atom. The number of hydrogen-bond acceptors (Lipinski definition) is 3. The highest BCUT2D eigenvalue weighted by Gasteiger charge is 2.21. The maximum atomic E-state index is 13.5. The molecule has 0 atom stereocenters. The second-order valence-electron chi connectivity index (χ2n) is 5.92. The fourth-order valence-electron chi connectivity index (χ4n) is 2.71. The van der Waals surface area contributed by atoms with E-state index in [-0.39, 0.29) is 23.1 Å². The molecular formula is C19H18F2N2O2S. The van der Waals surface area contributed by atoms with Crippen LogP contribution in [0, 0.1) is 11.6 Å². The van der Waals surface area contributed by atoms with E-state index >= 15 is 0 Å². The maximum Gasteiger partial charge on any atom is 0.227 e. The molecule has 0 unspecified atom stereocenters. The molecule has 2 aromatic rings. The van der Waals surface area contributed by atoms with Crippen molar-refractivity contribution in [2.45, 2.75) is 24.2 Å². The number of halogens is 2. The SMILES string of the molecule is O=C(CCSc1cc(F)ccc1F)Nc1ccc(N2CCCC2=O)cc1. The number of thioether (sulfide) groups is 1. The molecule has 2 amide bonds. The topological polar surface area (TPSA) is 49.4 Å². The molecular weight excluding hydrogens is 358 g/mol. The first-order valence-corrected chi connectivity index (χ1v) is 9.29. The van der Waals surface area contributed by atoms with E-state index in [0.717, 1.165) is 48.6 Å². The minimum atomic E-state index is -0.505. The monoisotopic (exact) mass is 376 g/mol. The van der Waals surface area contributed by atoms with Crippen LogP contribution in [0.2, 0.25) is 0 Å². The average Bonchev–Trinajstić information content (AvgIpc) is 3.05. The molecule has 3 rings (SSSR count). The third-order valence-corrected chi connectivity index (χ3v) is 5.05. The van der Waals surface area contributed by atoms with Crippen molar-refractivity contribution in [2.75, 3.05) is 22.5 Å². The molecule has 7 heteroatoms. The van der Waals surface area contributed by atoms with Crippen LogP contribution in [0.25, 0.3) is 0 Å². The Kier molecular flexibility index (Phi) is 5.88. The van der Waals surface area contributed by atoms with Crippen LogP contribution in [0.4, 0.5) is 20.2 Å². The quantitative estimate of drug-likeness (QED) is 0.769. The van der Waals surface area contributed by atoms with Gasteiger partial charge in [-0.25, -0.2) is 8.78 Å². The Hall–Kier alpha value is -2.41. The summed E-state index contributed by atoms with van der Waals surface area (Å²) in [6.45, 7) is 0.721. The van der Waals surface area contributed by atoms with Crippen molar-refractivity contribution in [3.8, 4) is 0 Å². The van der Waals surface area contributed by atoms with Gasteiger partial charge < -0.3 is 10.2 Å². The van der Waals surface area contributed by atoms with Crippen molar-refractivity contribution >= 4 is 35.0 Å². The number of nitrogens with one attached hydrogen (secondary N) is 1. The van der Waals surface area contributed by atoms with Gasteiger partial charge in [-0.15, -0.1) is 11.8 Å². The lowest BCUT2D eigenvalue weighted by Crippen LogP contribution is -2.23. The molecule has 0 aliphatic carbocycles. The summed E-state index contributed by atoms with van der Waals surface area (Å²) in [7, 11) is 0. The first-order valence-electron chi connectivity index (χ1n) is 8.31. The molecule has 0 saturated carbocycles. The third kappa shape index (κ3) is 4.60. The summed E-state index contributed by atoms with van der Waals surface area (Å²) in [5.41, 5.74) is 1.45. The predicted molar refractivity (Wildman–Crippen MR) is 98.4 cm³/mol. The second-order valence-corrected chi connectivity index (χ2v) is 7.05. The number of carbonyl (C=O) groups excluding carboxylic acids is 2. The van der Waals surface area contributed by atoms with Crippen molar-refractivity contribution in [1.82, 2.24) is 0 Å². The third-order valence-electron chi connectivity index (χ3n) is 4.02. The lowest BCUT2D eigenvalue weighted by atomic mass is 10.2. The summed E-state index contributed by atoms with van der Waals surface area (Å²) < 4.78 is 26.6. The number of rotatable bonds is 6. The summed E-state index contributed by atoms with van der Waals surface area (Å²) in [6, 6.07) is 10.4. The minimum absolute atomic E-state index is 0.114. The standard InChI is InChI=1S/C19H18F2N2O2S/c20-13-3-8-16(21)17(12-13)26-11-9-18(24)22-14-4-6-15(7-5-14)23-10-1-2-19(23)25/h3-8,12H,1-2,9-11H2,(H,22,24). The van der Waals surface area contributed by atoms with E-state index in [1.165, 1.54) is 0 Å². The number of hydrogen-bond donors (Lipinski definition) is 1. The molecule has 136 valence electrons. The van der Waals surface area contributed by atoms with Crippen LogP contribution in [0.5, 0.6) is 0 Å². The average molecular weight is 376 g/mol. The summed E-state index contributed by atoms with van der Waals surface area (Å²) in [5, 5.41) is 2.76. The van der Waals surface area contributed by atoms with E-state index in [0.29, 0.717) is 17.9 Å². The van der Waals surface area contributed by atoms with Crippen molar-refractivity contribution < 1.29 is 18.4 Å². The van der Waals surface area contributed by atoms with Crippen LogP contribution in [0.1, 0.15) is 19.3 Å². The Labute approximate surface area is 154 Å². The van der Waals surface area contributed by atoms with Crippen LogP contribution >= 0.6 is 11.8 Å². The van der Waals surface area contributed by atoms with Crippen LogP contribution in [0.15, 0.2) is 47.4 Å². The van der Waals surface area contributed by atoms with Gasteiger partial charge in [-0.1, -0.05) is 0 Å². The molecule has 4 nitrogen and oxygen atoms in total. The predicted octanol–water partition coefficient (Wildman–Crippen LogP) is 4.21. The lowest BCUT2D eigenvalue weighted by molar-refractivity contribution is -0.117. The largest absolute Gasteiger partial charge is 0.326 e. The van der Waals surface area contributed by atoms with Gasteiger partial charge in [0.15, 0.2) is 0 Å². The first kappa shape index (κ1) is 18.4. The van der Waals surface area contributed by atoms with E-state index < -0.39 is 11.6 Å². The molecule has 0 radical (unpaired) electrons. The summed E-state index contributed by atoms with van der Waals surface area (Å²) in [4.78, 5) is 25.6. The summed E-state index contributed by atoms with van der Waals surface area (Å²) in [5.74, 6) is -0.756. The zero-order valence-electron chi connectivity index (χ0n) is 14.0. The Morgan fingerprint density at radius 1 is 1.15 bits per heavy atom. The number of benzene rings is 2. The Morgan fingerprint density at radius 3 is 2.62 bits per heavy atom. The number of nitrogens with zero attached hydrogens (tertiary/aromatic N) is 1. The lowest BCUT2D eigenvalue weighted by Gasteiger charge is -2.16. The molecule has 2 aromatic carbocycles. The molecule has 0 bridgehead atoms. The Balaban J connectivity index is 1.48. The molecule has 26 heavy (non-hydrogen) atoms. The normalized spacial score (nSPS) is 13.9. The van der Waals surface area contributed by atoms with Gasteiger partial charge in [0, 0.05) is 41.4 Å². The smallest absolute Gasteiger partial charge is 0.227 e. The van der Waals surface area contributed by atoms with Gasteiger partial charge >= 0.3 is 0 Å². The first-order chi connectivity index (χ1) is 12.5. The molecule has 0 spiro atoms. The molecule has 1 fully saturated rings. The highest BCUT2D eigenvalue weighted by atomic mass is 32.2. The summed E-state index contributed by atoms with van der Waals surface area (Å²) in [6.07, 6.45) is 1.61. The van der Waals surface area contributed by atoms with Crippen LogP contribution in [-0.4, -0.2) is 24.1 Å². The van der Waals surface area contributed by atoms with E-state index in [1.807, 2.05) is 0 Å². The number of anilines is 2. The maximum absolute atomic E-state index is 13.5. The summed E-state index contributed by atoms with van der Waals surface area (Å²) >= 11 is 1.10. The highest BCUT2D eigenvalue weighted by molar-refractivity contribution is 7.99. The van der Waals surface area contributed by atoms with Crippen molar-refractivity contribution in [2.24, 2.45) is 0 Å². The van der Waals surface area contributed by atoms with Crippen molar-refractivity contribution in [3.63, 3.8) is 0 Å². The zero-order chi connectivity index (χ0) is 18.5. The molecule has 0 aromatic heterocycles. The zero-order valence-corrected chi connectivity index (χ0v) is 14.8. The van der Waals surface area contributed by atoms with E-state index in [2.05, 4.69) is 5.32 Å². The molecule has 1 aliphatic rings. The number of carbonyl (C=O) groups is 2. The van der Waals surface area contributed by atoms with E-state index in [9.17, 15) is 18.4 Å². The van der Waals surface area contributed by atoms with E-state index in [4.69, 9.17) is 0 Å². The van der Waals surface area contributed by atoms with Gasteiger partial charge in [0.25, 0.3) is 0 Å². The van der Waals surface area contributed by atoms with Crippen LogP contribution in [0.3, 0.4) is 0 Å². The second kappa shape index (κ2) is 8.31. The van der Waals surface area contributed by atoms with Crippen molar-refractivity contribution in [3.05, 3.63) is 54.1 Å².